The third kappa shape index (κ3) is 23.0. The zero-order valence-electron chi connectivity index (χ0n) is 26.0. The standard InChI is InChI=1S/C33H64N4O2/c1-3-5-6-7-8-9-10-11-12-13-14-15-16-17-18-19-20-23-33(39)35-25-22-27-37-30-28-36(29-31-37)26-21-24-34-32(38)4-2/h11-12H,3-10,13-31H2,1-2H3,(H,34,38)(H,35,39)/b12-11+. The van der Waals surface area contributed by atoms with Crippen LogP contribution >= 0.6 is 0 Å². The number of nitrogens with one attached hydrogen (secondary N) is 2. The zero-order chi connectivity index (χ0) is 28.2. The van der Waals surface area contributed by atoms with Crippen LogP contribution in [0.15, 0.2) is 12.2 Å². The van der Waals surface area contributed by atoms with Gasteiger partial charge in [0.15, 0.2) is 0 Å². The average Bonchev–Trinajstić information content (AvgIpc) is 2.95. The van der Waals surface area contributed by atoms with E-state index in [4.69, 9.17) is 0 Å². The molecule has 2 amide bonds. The van der Waals surface area contributed by atoms with E-state index in [9.17, 15) is 9.59 Å². The van der Waals surface area contributed by atoms with Crippen LogP contribution in [0.1, 0.15) is 136 Å². The van der Waals surface area contributed by atoms with E-state index < -0.39 is 0 Å². The molecule has 1 rings (SSSR count). The second-order valence-corrected chi connectivity index (χ2v) is 11.5. The molecule has 0 aromatic heterocycles. The summed E-state index contributed by atoms with van der Waals surface area (Å²) in [7, 11) is 0. The van der Waals surface area contributed by atoms with E-state index in [1.165, 1.54) is 89.9 Å². The van der Waals surface area contributed by atoms with Crippen molar-refractivity contribution in [2.75, 3.05) is 52.4 Å². The van der Waals surface area contributed by atoms with Crippen LogP contribution in [0.3, 0.4) is 0 Å². The molecule has 1 fully saturated rings. The predicted octanol–water partition coefficient (Wildman–Crippen LogP) is 6.84. The highest BCUT2D eigenvalue weighted by atomic mass is 16.2. The Balaban J connectivity index is 1.81. The number of piperazine rings is 1. The van der Waals surface area contributed by atoms with Gasteiger partial charge in [-0.2, -0.15) is 0 Å². The summed E-state index contributed by atoms with van der Waals surface area (Å²) >= 11 is 0. The van der Waals surface area contributed by atoms with Crippen molar-refractivity contribution >= 4 is 11.8 Å². The van der Waals surface area contributed by atoms with E-state index in [-0.39, 0.29) is 11.8 Å². The molecule has 0 unspecified atom stereocenters. The summed E-state index contributed by atoms with van der Waals surface area (Å²) in [4.78, 5) is 28.4. The molecule has 0 saturated carbocycles. The topological polar surface area (TPSA) is 64.7 Å². The molecule has 1 aliphatic heterocycles. The van der Waals surface area contributed by atoms with Gasteiger partial charge in [-0.25, -0.2) is 0 Å². The summed E-state index contributed by atoms with van der Waals surface area (Å²) in [6, 6.07) is 0. The van der Waals surface area contributed by atoms with Crippen LogP contribution in [0.4, 0.5) is 0 Å². The smallest absolute Gasteiger partial charge is 0.219 e. The molecule has 6 heteroatoms. The minimum absolute atomic E-state index is 0.144. The van der Waals surface area contributed by atoms with E-state index in [2.05, 4.69) is 39.5 Å². The summed E-state index contributed by atoms with van der Waals surface area (Å²) in [5, 5.41) is 6.07. The molecule has 1 aliphatic rings. The summed E-state index contributed by atoms with van der Waals surface area (Å²) in [6.07, 6.45) is 27.7. The van der Waals surface area contributed by atoms with E-state index in [1.807, 2.05) is 6.92 Å². The first-order chi connectivity index (χ1) is 19.2. The lowest BCUT2D eigenvalue weighted by molar-refractivity contribution is -0.121. The van der Waals surface area contributed by atoms with Gasteiger partial charge in [0, 0.05) is 52.1 Å². The average molecular weight is 549 g/mol. The fourth-order valence-electron chi connectivity index (χ4n) is 5.22. The number of hydrogen-bond acceptors (Lipinski definition) is 4. The number of allylic oxidation sites excluding steroid dienone is 2. The maximum absolute atomic E-state index is 12.1. The lowest BCUT2D eigenvalue weighted by Crippen LogP contribution is -2.47. The fourth-order valence-corrected chi connectivity index (χ4v) is 5.22. The van der Waals surface area contributed by atoms with Crippen LogP contribution < -0.4 is 10.6 Å². The molecule has 0 aliphatic carbocycles. The van der Waals surface area contributed by atoms with E-state index in [0.29, 0.717) is 12.8 Å². The highest BCUT2D eigenvalue weighted by Gasteiger charge is 2.16. The number of carbonyl (C=O) groups is 2. The number of hydrogen-bond donors (Lipinski definition) is 2. The summed E-state index contributed by atoms with van der Waals surface area (Å²) in [5.41, 5.74) is 0. The van der Waals surface area contributed by atoms with Gasteiger partial charge in [-0.1, -0.05) is 90.2 Å². The van der Waals surface area contributed by atoms with Crippen molar-refractivity contribution < 1.29 is 9.59 Å². The molecule has 0 radical (unpaired) electrons. The Hall–Kier alpha value is -1.40. The normalized spacial score (nSPS) is 14.7. The molecular weight excluding hydrogens is 484 g/mol. The molecule has 0 aromatic rings. The van der Waals surface area contributed by atoms with Gasteiger partial charge in [-0.15, -0.1) is 0 Å². The summed E-state index contributed by atoms with van der Waals surface area (Å²) < 4.78 is 0. The largest absolute Gasteiger partial charge is 0.356 e. The molecule has 1 heterocycles. The quantitative estimate of drug-likeness (QED) is 0.0917. The van der Waals surface area contributed by atoms with Crippen LogP contribution in [0.2, 0.25) is 0 Å². The lowest BCUT2D eigenvalue weighted by atomic mass is 10.1. The van der Waals surface area contributed by atoms with Gasteiger partial charge in [-0.05, 0) is 58.0 Å². The monoisotopic (exact) mass is 549 g/mol. The van der Waals surface area contributed by atoms with Crippen molar-refractivity contribution in [2.45, 2.75) is 136 Å². The first-order valence-electron chi connectivity index (χ1n) is 16.8. The molecule has 0 atom stereocenters. The molecule has 39 heavy (non-hydrogen) atoms. The predicted molar refractivity (Wildman–Crippen MR) is 167 cm³/mol. The zero-order valence-corrected chi connectivity index (χ0v) is 26.0. The number of amides is 2. The Bertz CT molecular complexity index is 603. The van der Waals surface area contributed by atoms with Gasteiger partial charge < -0.3 is 20.4 Å². The number of rotatable bonds is 26. The first-order valence-corrected chi connectivity index (χ1v) is 16.8. The van der Waals surface area contributed by atoms with Crippen molar-refractivity contribution in [3.8, 4) is 0 Å². The molecule has 228 valence electrons. The third-order valence-corrected chi connectivity index (χ3v) is 7.90. The Morgan fingerprint density at radius 3 is 1.49 bits per heavy atom. The Morgan fingerprint density at radius 1 is 0.564 bits per heavy atom. The third-order valence-electron chi connectivity index (χ3n) is 7.90. The number of nitrogens with zero attached hydrogens (tertiary/aromatic N) is 2. The maximum Gasteiger partial charge on any atom is 0.219 e. The molecule has 0 aromatic carbocycles. The van der Waals surface area contributed by atoms with Crippen LogP contribution in [0, 0.1) is 0 Å². The van der Waals surface area contributed by atoms with Gasteiger partial charge in [0.25, 0.3) is 0 Å². The summed E-state index contributed by atoms with van der Waals surface area (Å²) in [6.45, 7) is 12.3. The second-order valence-electron chi connectivity index (χ2n) is 11.5. The van der Waals surface area contributed by atoms with Gasteiger partial charge in [0.1, 0.15) is 0 Å². The Labute approximate surface area is 242 Å². The van der Waals surface area contributed by atoms with Crippen LogP contribution in [0.5, 0.6) is 0 Å². The van der Waals surface area contributed by atoms with Crippen LogP contribution in [-0.4, -0.2) is 74.0 Å². The second kappa shape index (κ2) is 26.8. The lowest BCUT2D eigenvalue weighted by Gasteiger charge is -2.34. The Kier molecular flexibility index (Phi) is 24.5. The minimum atomic E-state index is 0.144. The first kappa shape index (κ1) is 35.6. The highest BCUT2D eigenvalue weighted by molar-refractivity contribution is 5.75. The molecule has 1 saturated heterocycles. The van der Waals surface area contributed by atoms with Gasteiger partial charge >= 0.3 is 0 Å². The van der Waals surface area contributed by atoms with E-state index >= 15 is 0 Å². The molecule has 6 nitrogen and oxygen atoms in total. The van der Waals surface area contributed by atoms with Crippen LogP contribution in [0.25, 0.3) is 0 Å². The van der Waals surface area contributed by atoms with Crippen molar-refractivity contribution in [2.24, 2.45) is 0 Å². The van der Waals surface area contributed by atoms with Gasteiger partial charge in [-0.3, -0.25) is 9.59 Å². The van der Waals surface area contributed by atoms with Crippen molar-refractivity contribution in [1.82, 2.24) is 20.4 Å². The van der Waals surface area contributed by atoms with Gasteiger partial charge in [0.2, 0.25) is 11.8 Å². The van der Waals surface area contributed by atoms with E-state index in [1.54, 1.807) is 0 Å². The Morgan fingerprint density at radius 2 is 1.00 bits per heavy atom. The molecule has 0 bridgehead atoms. The van der Waals surface area contributed by atoms with Gasteiger partial charge in [0.05, 0.1) is 0 Å². The molecule has 2 N–H and O–H groups in total. The van der Waals surface area contributed by atoms with E-state index in [0.717, 1.165) is 71.6 Å². The number of carbonyl (C=O) groups excluding carboxylic acids is 2. The highest BCUT2D eigenvalue weighted by Crippen LogP contribution is 2.11. The SMILES string of the molecule is CCCCCCCC/C=C/CCCCCCCCCC(=O)NCCCN1CCN(CCCNC(=O)CC)CC1. The van der Waals surface area contributed by atoms with Crippen molar-refractivity contribution in [3.63, 3.8) is 0 Å². The molecule has 0 spiro atoms. The maximum atomic E-state index is 12.1. The van der Waals surface area contributed by atoms with Crippen LogP contribution in [-0.2, 0) is 9.59 Å². The molecular formula is C33H64N4O2. The fraction of sp³-hybridized carbons (Fsp3) is 0.879. The van der Waals surface area contributed by atoms with Crippen molar-refractivity contribution in [3.05, 3.63) is 12.2 Å². The minimum Gasteiger partial charge on any atom is -0.356 e. The summed E-state index contributed by atoms with van der Waals surface area (Å²) in [5.74, 6) is 0.369. The van der Waals surface area contributed by atoms with Crippen molar-refractivity contribution in [1.29, 1.82) is 0 Å². The number of unbranched alkanes of at least 4 members (excludes halogenated alkanes) is 13.